The lowest BCUT2D eigenvalue weighted by atomic mass is 10.2. The molecule has 1 heterocycles. The highest BCUT2D eigenvalue weighted by molar-refractivity contribution is 7.92. The number of hydrogen-bond acceptors (Lipinski definition) is 5. The van der Waals surface area contributed by atoms with Gasteiger partial charge in [0, 0.05) is 12.1 Å². The standard InChI is InChI=1S/C19H20N2O5S/c1-12-4-3-5-14(8-12)20-18(22)9-13(2)27(24,25)15-6-7-17-16(10-15)21-19(23)11-26-17/h3-8,10,13H,9,11H2,1-2H3,(H,20,22)(H,21,23). The van der Waals surface area contributed by atoms with E-state index in [9.17, 15) is 18.0 Å². The van der Waals surface area contributed by atoms with Crippen molar-refractivity contribution in [2.45, 2.75) is 30.4 Å². The molecule has 0 radical (unpaired) electrons. The van der Waals surface area contributed by atoms with Gasteiger partial charge in [0.2, 0.25) is 5.91 Å². The molecule has 1 aliphatic heterocycles. The van der Waals surface area contributed by atoms with E-state index in [2.05, 4.69) is 10.6 Å². The molecule has 2 N–H and O–H groups in total. The summed E-state index contributed by atoms with van der Waals surface area (Å²) in [7, 11) is -3.75. The summed E-state index contributed by atoms with van der Waals surface area (Å²) >= 11 is 0. The fourth-order valence-electron chi connectivity index (χ4n) is 2.78. The predicted molar refractivity (Wildman–Crippen MR) is 102 cm³/mol. The first kappa shape index (κ1) is 18.9. The van der Waals surface area contributed by atoms with Gasteiger partial charge in [-0.1, -0.05) is 12.1 Å². The van der Waals surface area contributed by atoms with Crippen LogP contribution in [0.5, 0.6) is 5.75 Å². The van der Waals surface area contributed by atoms with Gasteiger partial charge in [-0.15, -0.1) is 0 Å². The Kier molecular flexibility index (Phi) is 5.18. The van der Waals surface area contributed by atoms with E-state index in [4.69, 9.17) is 4.74 Å². The van der Waals surface area contributed by atoms with Crippen molar-refractivity contribution in [1.29, 1.82) is 0 Å². The monoisotopic (exact) mass is 388 g/mol. The van der Waals surface area contributed by atoms with Crippen LogP contribution in [0.4, 0.5) is 11.4 Å². The normalized spacial score (nSPS) is 14.5. The number of hydrogen-bond donors (Lipinski definition) is 2. The molecule has 1 atom stereocenters. The maximum Gasteiger partial charge on any atom is 0.262 e. The van der Waals surface area contributed by atoms with Crippen molar-refractivity contribution in [3.63, 3.8) is 0 Å². The second-order valence-electron chi connectivity index (χ2n) is 6.47. The summed E-state index contributed by atoms with van der Waals surface area (Å²) in [6, 6.07) is 11.5. The van der Waals surface area contributed by atoms with Crippen molar-refractivity contribution in [3.05, 3.63) is 48.0 Å². The number of nitrogens with one attached hydrogen (secondary N) is 2. The van der Waals surface area contributed by atoms with Crippen LogP contribution in [-0.4, -0.2) is 32.1 Å². The van der Waals surface area contributed by atoms with Crippen LogP contribution in [0.2, 0.25) is 0 Å². The van der Waals surface area contributed by atoms with Gasteiger partial charge in [-0.2, -0.15) is 0 Å². The first-order chi connectivity index (χ1) is 12.8. The third-order valence-electron chi connectivity index (χ3n) is 4.22. The number of benzene rings is 2. The van der Waals surface area contributed by atoms with Crippen molar-refractivity contribution >= 4 is 33.0 Å². The van der Waals surface area contributed by atoms with Gasteiger partial charge >= 0.3 is 0 Å². The molecule has 142 valence electrons. The Hall–Kier alpha value is -2.87. The van der Waals surface area contributed by atoms with Crippen molar-refractivity contribution in [1.82, 2.24) is 0 Å². The highest BCUT2D eigenvalue weighted by Crippen LogP contribution is 2.31. The Morgan fingerprint density at radius 3 is 2.78 bits per heavy atom. The molecule has 0 fully saturated rings. The van der Waals surface area contributed by atoms with Gasteiger partial charge in [0.1, 0.15) is 5.75 Å². The largest absolute Gasteiger partial charge is 0.482 e. The van der Waals surface area contributed by atoms with Crippen LogP contribution < -0.4 is 15.4 Å². The van der Waals surface area contributed by atoms with E-state index >= 15 is 0 Å². The lowest BCUT2D eigenvalue weighted by molar-refractivity contribution is -0.118. The summed E-state index contributed by atoms with van der Waals surface area (Å²) < 4.78 is 30.8. The first-order valence-electron chi connectivity index (χ1n) is 8.43. The first-order valence-corrected chi connectivity index (χ1v) is 9.97. The van der Waals surface area contributed by atoms with Gasteiger partial charge in [0.15, 0.2) is 16.4 Å². The lowest BCUT2D eigenvalue weighted by Crippen LogP contribution is -2.27. The number of carbonyl (C=O) groups is 2. The van der Waals surface area contributed by atoms with Gasteiger partial charge in [0.05, 0.1) is 15.8 Å². The maximum atomic E-state index is 12.8. The molecule has 2 amide bonds. The number of sulfone groups is 1. The maximum absolute atomic E-state index is 12.8. The highest BCUT2D eigenvalue weighted by atomic mass is 32.2. The number of aryl methyl sites for hydroxylation is 1. The van der Waals surface area contributed by atoms with E-state index in [-0.39, 0.29) is 29.7 Å². The molecule has 2 aromatic rings. The zero-order valence-corrected chi connectivity index (χ0v) is 15.8. The Morgan fingerprint density at radius 1 is 1.26 bits per heavy atom. The number of ether oxygens (including phenoxy) is 1. The topological polar surface area (TPSA) is 102 Å². The second kappa shape index (κ2) is 7.40. The lowest BCUT2D eigenvalue weighted by Gasteiger charge is -2.19. The van der Waals surface area contributed by atoms with E-state index in [1.54, 1.807) is 6.07 Å². The van der Waals surface area contributed by atoms with Crippen molar-refractivity contribution < 1.29 is 22.7 Å². The minimum absolute atomic E-state index is 0.0305. The van der Waals surface area contributed by atoms with Gasteiger partial charge in [0.25, 0.3) is 5.91 Å². The molecule has 1 aliphatic rings. The zero-order valence-electron chi connectivity index (χ0n) is 15.0. The highest BCUT2D eigenvalue weighted by Gasteiger charge is 2.27. The van der Waals surface area contributed by atoms with Crippen LogP contribution >= 0.6 is 0 Å². The Labute approximate surface area is 157 Å². The summed E-state index contributed by atoms with van der Waals surface area (Å²) in [5, 5.41) is 4.36. The average Bonchev–Trinajstić information content (AvgIpc) is 2.60. The molecule has 27 heavy (non-hydrogen) atoms. The molecular weight excluding hydrogens is 368 g/mol. The van der Waals surface area contributed by atoms with Crippen LogP contribution in [0.25, 0.3) is 0 Å². The summed E-state index contributed by atoms with van der Waals surface area (Å²) in [6.45, 7) is 3.29. The summed E-state index contributed by atoms with van der Waals surface area (Å²) in [5.74, 6) is -0.313. The Balaban J connectivity index is 1.73. The van der Waals surface area contributed by atoms with Crippen LogP contribution in [0.1, 0.15) is 18.9 Å². The second-order valence-corrected chi connectivity index (χ2v) is 8.84. The molecule has 1 unspecified atom stereocenters. The zero-order chi connectivity index (χ0) is 19.6. The van der Waals surface area contributed by atoms with Gasteiger partial charge < -0.3 is 15.4 Å². The summed E-state index contributed by atoms with van der Waals surface area (Å²) in [6.07, 6.45) is -0.184. The Bertz CT molecular complexity index is 1000. The van der Waals surface area contributed by atoms with E-state index < -0.39 is 15.1 Å². The number of carbonyl (C=O) groups excluding carboxylic acids is 2. The quantitative estimate of drug-likeness (QED) is 0.820. The van der Waals surface area contributed by atoms with E-state index in [0.29, 0.717) is 17.1 Å². The molecule has 0 aliphatic carbocycles. The van der Waals surface area contributed by atoms with Crippen LogP contribution in [0.15, 0.2) is 47.4 Å². The van der Waals surface area contributed by atoms with Crippen molar-refractivity contribution in [2.75, 3.05) is 17.2 Å². The third kappa shape index (κ3) is 4.28. The van der Waals surface area contributed by atoms with Gasteiger partial charge in [-0.05, 0) is 49.7 Å². The van der Waals surface area contributed by atoms with Gasteiger partial charge in [-0.25, -0.2) is 8.42 Å². The molecule has 2 aromatic carbocycles. The third-order valence-corrected chi connectivity index (χ3v) is 6.35. The molecule has 0 bridgehead atoms. The van der Waals surface area contributed by atoms with Crippen LogP contribution in [0.3, 0.4) is 0 Å². The van der Waals surface area contributed by atoms with Gasteiger partial charge in [-0.3, -0.25) is 9.59 Å². The number of rotatable bonds is 5. The SMILES string of the molecule is Cc1cccc(NC(=O)CC(C)S(=O)(=O)c2ccc3c(c2)NC(=O)CO3)c1. The molecule has 3 rings (SSSR count). The summed E-state index contributed by atoms with van der Waals surface area (Å²) in [5.41, 5.74) is 1.92. The molecule has 0 saturated heterocycles. The molecular formula is C19H20N2O5S. The minimum Gasteiger partial charge on any atom is -0.482 e. The van der Waals surface area contributed by atoms with Crippen LogP contribution in [-0.2, 0) is 19.4 Å². The number of fused-ring (bicyclic) bond motifs is 1. The van der Waals surface area contributed by atoms with Crippen molar-refractivity contribution in [3.8, 4) is 5.75 Å². The molecule has 0 saturated carbocycles. The fraction of sp³-hybridized carbons (Fsp3) is 0.263. The number of amides is 2. The Morgan fingerprint density at radius 2 is 2.04 bits per heavy atom. The molecule has 0 spiro atoms. The molecule has 0 aromatic heterocycles. The van der Waals surface area contributed by atoms with Crippen LogP contribution in [0, 0.1) is 6.92 Å². The van der Waals surface area contributed by atoms with E-state index in [1.165, 1.54) is 25.1 Å². The van der Waals surface area contributed by atoms with E-state index in [1.807, 2.05) is 25.1 Å². The number of anilines is 2. The molecule has 8 heteroatoms. The van der Waals surface area contributed by atoms with E-state index in [0.717, 1.165) is 5.56 Å². The van der Waals surface area contributed by atoms with Crippen molar-refractivity contribution in [2.24, 2.45) is 0 Å². The fourth-order valence-corrected chi connectivity index (χ4v) is 4.15. The summed E-state index contributed by atoms with van der Waals surface area (Å²) in [4.78, 5) is 23.7. The minimum atomic E-state index is -3.75. The average molecular weight is 388 g/mol. The smallest absolute Gasteiger partial charge is 0.262 e. The predicted octanol–water partition coefficient (Wildman–Crippen LogP) is 2.52. The molecule has 7 nitrogen and oxygen atoms in total.